The van der Waals surface area contributed by atoms with Crippen LogP contribution in [-0.2, 0) is 33.7 Å². The van der Waals surface area contributed by atoms with Crippen LogP contribution in [0.5, 0.6) is 0 Å². The van der Waals surface area contributed by atoms with Gasteiger partial charge in [0.25, 0.3) is 0 Å². The molecule has 4 aromatic rings. The number of nitrogens with zero attached hydrogens (tertiary/aromatic N) is 5. The number of aromatic nitrogens is 4. The molecule has 0 amide bonds. The number of aryl methyl sites for hydroxylation is 2. The van der Waals surface area contributed by atoms with Crippen LogP contribution < -0.4 is 5.32 Å². The molecule has 5 rings (SSSR count). The summed E-state index contributed by atoms with van der Waals surface area (Å²) in [6.07, 6.45) is 7.05. The molecule has 8 heteroatoms. The number of fused-ring (bicyclic) bond motifs is 2. The van der Waals surface area contributed by atoms with Crippen LogP contribution in [0.4, 0.5) is 0 Å². The summed E-state index contributed by atoms with van der Waals surface area (Å²) in [5.41, 5.74) is 5.78. The minimum absolute atomic E-state index is 0.729. The molecule has 0 spiro atoms. The predicted molar refractivity (Wildman–Crippen MR) is 137 cm³/mol. The molecule has 0 unspecified atom stereocenters. The molecule has 0 saturated heterocycles. The maximum atomic E-state index is 10.2. The molecule has 33 heavy (non-hydrogen) atoms. The van der Waals surface area contributed by atoms with Gasteiger partial charge >= 0.3 is 0 Å². The van der Waals surface area contributed by atoms with Gasteiger partial charge in [-0.25, -0.2) is 4.31 Å². The Morgan fingerprint density at radius 1 is 1.12 bits per heavy atom. The van der Waals surface area contributed by atoms with Crippen LogP contribution in [0.3, 0.4) is 0 Å². The van der Waals surface area contributed by atoms with Gasteiger partial charge in [0.1, 0.15) is 0 Å². The average Bonchev–Trinajstić information content (AvgIpc) is 3.54. The number of carbonyl (C=O) groups excluding carboxylic acids is 1. The highest BCUT2D eigenvalue weighted by Crippen LogP contribution is 2.18. The van der Waals surface area contributed by atoms with E-state index in [9.17, 15) is 4.79 Å². The summed E-state index contributed by atoms with van der Waals surface area (Å²) in [6, 6.07) is 14.3. The Labute approximate surface area is 200 Å². The predicted octanol–water partition coefficient (Wildman–Crippen LogP) is 4.02. The highest BCUT2D eigenvalue weighted by molar-refractivity contribution is 7.96. The number of carbonyl (C=O) groups is 1. The molecule has 0 bridgehead atoms. The number of para-hydroxylation sites is 1. The second-order valence-corrected chi connectivity index (χ2v) is 8.85. The number of benzene rings is 1. The minimum atomic E-state index is 0.729. The van der Waals surface area contributed by atoms with E-state index in [1.54, 1.807) is 0 Å². The molecule has 0 aliphatic carbocycles. The Morgan fingerprint density at radius 3 is 2.58 bits per heavy atom. The van der Waals surface area contributed by atoms with Crippen LogP contribution >= 0.6 is 11.9 Å². The van der Waals surface area contributed by atoms with Crippen LogP contribution in [0.25, 0.3) is 10.9 Å². The summed E-state index contributed by atoms with van der Waals surface area (Å²) in [5.74, 6) is 0. The summed E-state index contributed by atoms with van der Waals surface area (Å²) in [4.78, 5) is 10.2. The van der Waals surface area contributed by atoms with E-state index in [0.29, 0.717) is 0 Å². The second kappa shape index (κ2) is 11.9. The van der Waals surface area contributed by atoms with E-state index < -0.39 is 0 Å². The monoisotopic (exact) mass is 466 g/mol. The Hall–Kier alpha value is -2.81. The number of hydrogen-bond donors (Lipinski definition) is 1. The van der Waals surface area contributed by atoms with Gasteiger partial charge in [-0.3, -0.25) is 9.48 Å². The fraction of sp³-hybridized carbons (Fsp3) is 0.360. The Balaban J connectivity index is 0.000000142. The first-order valence-electron chi connectivity index (χ1n) is 11.0. The number of rotatable bonds is 4. The molecule has 0 atom stereocenters. The van der Waals surface area contributed by atoms with Gasteiger partial charge in [-0.05, 0) is 50.1 Å². The molecule has 176 valence electrons. The highest BCUT2D eigenvalue weighted by Gasteiger charge is 2.13. The summed E-state index contributed by atoms with van der Waals surface area (Å²) < 4.78 is 8.48. The van der Waals surface area contributed by atoms with Crippen molar-refractivity contribution in [2.45, 2.75) is 26.6 Å². The first kappa shape index (κ1) is 24.8. The van der Waals surface area contributed by atoms with Crippen molar-refractivity contribution in [1.82, 2.24) is 28.5 Å². The van der Waals surface area contributed by atoms with E-state index in [-0.39, 0.29) is 0 Å². The van der Waals surface area contributed by atoms with Crippen molar-refractivity contribution >= 4 is 29.1 Å². The zero-order valence-corrected chi connectivity index (χ0v) is 21.0. The van der Waals surface area contributed by atoms with Crippen molar-refractivity contribution in [2.24, 2.45) is 14.1 Å². The zero-order chi connectivity index (χ0) is 23.8. The highest BCUT2D eigenvalue weighted by atomic mass is 32.2. The molecule has 7 nitrogen and oxygen atoms in total. The molecular formula is C25H34N6OS. The molecule has 1 N–H and O–H groups in total. The lowest BCUT2D eigenvalue weighted by Gasteiger charge is -2.25. The van der Waals surface area contributed by atoms with Gasteiger partial charge in [0.2, 0.25) is 0 Å². The largest absolute Gasteiger partial charge is 0.349 e. The molecule has 0 fully saturated rings. The maximum absolute atomic E-state index is 10.2. The summed E-state index contributed by atoms with van der Waals surface area (Å²) >= 11 is 1.83. The SMILES string of the molecule is CNCc1cccc2cnn(C)c12.CSN1CCn2cccc2C1.Cc1ccc(C=O)n1C. The fourth-order valence-corrected chi connectivity index (χ4v) is 4.37. The van der Waals surface area contributed by atoms with Gasteiger partial charge in [-0.15, -0.1) is 0 Å². The Kier molecular flexibility index (Phi) is 8.94. The van der Waals surface area contributed by atoms with Gasteiger partial charge in [-0.1, -0.05) is 30.1 Å². The number of nitrogens with one attached hydrogen (secondary N) is 1. The number of aldehydes is 1. The van der Waals surface area contributed by atoms with Crippen LogP contribution in [-0.4, -0.2) is 49.4 Å². The topological polar surface area (TPSA) is 60.0 Å². The van der Waals surface area contributed by atoms with Gasteiger partial charge in [-0.2, -0.15) is 5.10 Å². The first-order chi connectivity index (χ1) is 16.0. The van der Waals surface area contributed by atoms with Crippen LogP contribution in [0.1, 0.15) is 27.4 Å². The average molecular weight is 467 g/mol. The fourth-order valence-electron chi connectivity index (χ4n) is 3.85. The van der Waals surface area contributed by atoms with Crippen LogP contribution in [0.15, 0.2) is 54.9 Å². The number of hydrogen-bond acceptors (Lipinski definition) is 5. The van der Waals surface area contributed by atoms with Crippen LogP contribution in [0.2, 0.25) is 0 Å². The minimum Gasteiger partial charge on any atom is -0.349 e. The molecule has 1 aliphatic rings. The summed E-state index contributed by atoms with van der Waals surface area (Å²) in [5, 5.41) is 8.58. The second-order valence-electron chi connectivity index (χ2n) is 7.97. The maximum Gasteiger partial charge on any atom is 0.166 e. The van der Waals surface area contributed by atoms with Gasteiger partial charge in [0.15, 0.2) is 6.29 Å². The first-order valence-corrected chi connectivity index (χ1v) is 12.2. The quantitative estimate of drug-likeness (QED) is 0.364. The van der Waals surface area contributed by atoms with Gasteiger partial charge in [0.05, 0.1) is 17.4 Å². The lowest BCUT2D eigenvalue weighted by Crippen LogP contribution is -2.27. The molecule has 0 saturated carbocycles. The molecule has 3 aromatic heterocycles. The van der Waals surface area contributed by atoms with Crippen molar-refractivity contribution in [3.05, 3.63) is 77.5 Å². The van der Waals surface area contributed by atoms with E-state index >= 15 is 0 Å². The summed E-state index contributed by atoms with van der Waals surface area (Å²) in [7, 11) is 5.80. The Bertz CT molecular complexity index is 1170. The van der Waals surface area contributed by atoms with E-state index in [1.807, 2.05) is 67.6 Å². The third-order valence-electron chi connectivity index (χ3n) is 5.85. The standard InChI is InChI=1S/C10H13N3.C8H12N2S.C7H9NO/c1-11-6-8-4-3-5-9-7-12-13(2)10(8)9;1-11-10-6-5-9-4-2-3-8(9)7-10;1-6-3-4-7(5-9)8(6)2/h3-5,7,11H,6H2,1-2H3;2-4H,5-7H2,1H3;3-5H,1-2H3. The van der Waals surface area contributed by atoms with E-state index in [0.717, 1.165) is 37.3 Å². The van der Waals surface area contributed by atoms with Crippen LogP contribution in [0, 0.1) is 6.92 Å². The van der Waals surface area contributed by atoms with Gasteiger partial charge in [0, 0.05) is 63.2 Å². The lowest BCUT2D eigenvalue weighted by atomic mass is 10.1. The zero-order valence-electron chi connectivity index (χ0n) is 20.2. The van der Waals surface area contributed by atoms with Gasteiger partial charge < -0.3 is 14.5 Å². The molecule has 1 aromatic carbocycles. The normalized spacial score (nSPS) is 13.0. The smallest absolute Gasteiger partial charge is 0.166 e. The third kappa shape index (κ3) is 6.16. The van der Waals surface area contributed by atoms with Crippen molar-refractivity contribution < 1.29 is 4.79 Å². The van der Waals surface area contributed by atoms with Crippen molar-refractivity contribution in [3.63, 3.8) is 0 Å². The summed E-state index contributed by atoms with van der Waals surface area (Å²) in [6.45, 7) is 6.25. The molecule has 4 heterocycles. The third-order valence-corrected chi connectivity index (χ3v) is 6.68. The van der Waals surface area contributed by atoms with Crippen molar-refractivity contribution in [2.75, 3.05) is 19.8 Å². The molecule has 1 aliphatic heterocycles. The van der Waals surface area contributed by atoms with E-state index in [1.165, 1.54) is 28.7 Å². The van der Waals surface area contributed by atoms with E-state index in [4.69, 9.17) is 0 Å². The lowest BCUT2D eigenvalue weighted by molar-refractivity contribution is 0.111. The van der Waals surface area contributed by atoms with Crippen molar-refractivity contribution in [1.29, 1.82) is 0 Å². The molecular weight excluding hydrogens is 432 g/mol. The Morgan fingerprint density at radius 2 is 1.94 bits per heavy atom. The van der Waals surface area contributed by atoms with Crippen molar-refractivity contribution in [3.8, 4) is 0 Å². The molecule has 0 radical (unpaired) electrons. The van der Waals surface area contributed by atoms with E-state index in [2.05, 4.69) is 62.1 Å².